The van der Waals surface area contributed by atoms with E-state index in [9.17, 15) is 4.79 Å². The summed E-state index contributed by atoms with van der Waals surface area (Å²) in [5, 5.41) is 4.38. The number of aryl methyl sites for hydroxylation is 2. The van der Waals surface area contributed by atoms with Gasteiger partial charge in [0, 0.05) is 5.71 Å². The molecule has 0 spiro atoms. The molecule has 1 N–H and O–H groups in total. The van der Waals surface area contributed by atoms with Gasteiger partial charge in [-0.2, -0.15) is 5.10 Å². The normalized spacial score (nSPS) is 27.4. The van der Waals surface area contributed by atoms with Crippen LogP contribution in [0.2, 0.25) is 0 Å². The SMILES string of the molecule is Cc1cc(C(=O)N/N=C2/CC[C@@H]3CCCC[C@H]3C2)c(C)o1. The molecule has 114 valence electrons. The first-order valence-corrected chi connectivity index (χ1v) is 8.06. The fourth-order valence-corrected chi connectivity index (χ4v) is 3.84. The molecule has 3 rings (SSSR count). The van der Waals surface area contributed by atoms with Crippen LogP contribution in [0.25, 0.3) is 0 Å². The minimum Gasteiger partial charge on any atom is -0.466 e. The van der Waals surface area contributed by atoms with Crippen molar-refractivity contribution in [3.05, 3.63) is 23.2 Å². The van der Waals surface area contributed by atoms with Gasteiger partial charge in [0.05, 0.1) is 5.56 Å². The van der Waals surface area contributed by atoms with E-state index < -0.39 is 0 Å². The molecule has 1 amide bonds. The standard InChI is InChI=1S/C17H24N2O2/c1-11-9-16(12(2)21-11)17(20)19-18-15-8-7-13-5-3-4-6-14(13)10-15/h9,13-14H,3-8,10H2,1-2H3,(H,19,20)/b18-15-/t13-,14-/m0/s1. The van der Waals surface area contributed by atoms with Gasteiger partial charge in [0.15, 0.2) is 0 Å². The number of rotatable bonds is 2. The van der Waals surface area contributed by atoms with Gasteiger partial charge < -0.3 is 4.42 Å². The number of amides is 1. The van der Waals surface area contributed by atoms with E-state index >= 15 is 0 Å². The molecule has 1 aromatic heterocycles. The van der Waals surface area contributed by atoms with Crippen molar-refractivity contribution in [2.24, 2.45) is 16.9 Å². The number of carbonyl (C=O) groups is 1. The third-order valence-electron chi connectivity index (χ3n) is 4.97. The van der Waals surface area contributed by atoms with Crippen molar-refractivity contribution in [3.63, 3.8) is 0 Å². The van der Waals surface area contributed by atoms with Crippen molar-refractivity contribution in [1.29, 1.82) is 0 Å². The van der Waals surface area contributed by atoms with E-state index in [4.69, 9.17) is 4.42 Å². The second-order valence-electron chi connectivity index (χ2n) is 6.49. The fourth-order valence-electron chi connectivity index (χ4n) is 3.84. The molecule has 2 atom stereocenters. The van der Waals surface area contributed by atoms with Crippen LogP contribution in [-0.2, 0) is 0 Å². The predicted molar refractivity (Wildman–Crippen MR) is 82.4 cm³/mol. The molecule has 0 aliphatic heterocycles. The van der Waals surface area contributed by atoms with E-state index in [1.165, 1.54) is 32.1 Å². The Morgan fingerprint density at radius 2 is 2.00 bits per heavy atom. The summed E-state index contributed by atoms with van der Waals surface area (Å²) in [6, 6.07) is 1.77. The minimum absolute atomic E-state index is 0.164. The van der Waals surface area contributed by atoms with Gasteiger partial charge in [0.25, 0.3) is 5.91 Å². The maximum atomic E-state index is 12.1. The molecule has 2 aliphatic rings. The lowest BCUT2D eigenvalue weighted by atomic mass is 9.70. The molecule has 0 bridgehead atoms. The number of furan rings is 1. The number of hydrogen-bond acceptors (Lipinski definition) is 3. The smallest absolute Gasteiger partial charge is 0.274 e. The van der Waals surface area contributed by atoms with Crippen LogP contribution in [-0.4, -0.2) is 11.6 Å². The van der Waals surface area contributed by atoms with E-state index in [0.717, 1.165) is 36.1 Å². The van der Waals surface area contributed by atoms with Crippen LogP contribution in [0, 0.1) is 25.7 Å². The Labute approximate surface area is 126 Å². The molecule has 4 nitrogen and oxygen atoms in total. The van der Waals surface area contributed by atoms with E-state index in [0.29, 0.717) is 11.3 Å². The van der Waals surface area contributed by atoms with E-state index in [2.05, 4.69) is 10.5 Å². The fraction of sp³-hybridized carbons (Fsp3) is 0.647. The highest BCUT2D eigenvalue weighted by molar-refractivity contribution is 5.96. The van der Waals surface area contributed by atoms with Gasteiger partial charge in [-0.3, -0.25) is 4.79 Å². The van der Waals surface area contributed by atoms with Crippen LogP contribution in [0.5, 0.6) is 0 Å². The number of nitrogens with zero attached hydrogens (tertiary/aromatic N) is 1. The zero-order valence-electron chi connectivity index (χ0n) is 12.9. The topological polar surface area (TPSA) is 54.6 Å². The minimum atomic E-state index is -0.164. The quantitative estimate of drug-likeness (QED) is 0.837. The van der Waals surface area contributed by atoms with Gasteiger partial charge in [-0.05, 0) is 57.4 Å². The molecule has 0 unspecified atom stereocenters. The first-order chi connectivity index (χ1) is 10.1. The highest BCUT2D eigenvalue weighted by Gasteiger charge is 2.30. The van der Waals surface area contributed by atoms with Gasteiger partial charge in [-0.15, -0.1) is 0 Å². The summed E-state index contributed by atoms with van der Waals surface area (Å²) in [5.74, 6) is 2.94. The van der Waals surface area contributed by atoms with Gasteiger partial charge in [0.2, 0.25) is 0 Å². The third kappa shape index (κ3) is 3.20. The molecule has 0 aromatic carbocycles. The van der Waals surface area contributed by atoms with Gasteiger partial charge in [0.1, 0.15) is 11.5 Å². The number of fused-ring (bicyclic) bond motifs is 1. The van der Waals surface area contributed by atoms with Crippen LogP contribution >= 0.6 is 0 Å². The first kappa shape index (κ1) is 14.4. The van der Waals surface area contributed by atoms with Gasteiger partial charge >= 0.3 is 0 Å². The van der Waals surface area contributed by atoms with E-state index in [1.807, 2.05) is 13.8 Å². The largest absolute Gasteiger partial charge is 0.466 e. The summed E-state index contributed by atoms with van der Waals surface area (Å²) in [6.07, 6.45) is 8.80. The highest BCUT2D eigenvalue weighted by atomic mass is 16.3. The van der Waals surface area contributed by atoms with Crippen molar-refractivity contribution in [1.82, 2.24) is 5.43 Å². The summed E-state index contributed by atoms with van der Waals surface area (Å²) >= 11 is 0. The summed E-state index contributed by atoms with van der Waals surface area (Å²) in [6.45, 7) is 3.66. The van der Waals surface area contributed by atoms with Crippen molar-refractivity contribution >= 4 is 11.6 Å². The monoisotopic (exact) mass is 288 g/mol. The zero-order chi connectivity index (χ0) is 14.8. The maximum Gasteiger partial charge on any atom is 0.274 e. The second-order valence-corrected chi connectivity index (χ2v) is 6.49. The summed E-state index contributed by atoms with van der Waals surface area (Å²) in [5.41, 5.74) is 4.45. The molecular formula is C17H24N2O2. The average molecular weight is 288 g/mol. The van der Waals surface area contributed by atoms with Crippen molar-refractivity contribution in [2.75, 3.05) is 0 Å². The van der Waals surface area contributed by atoms with Crippen LogP contribution < -0.4 is 5.43 Å². The molecule has 1 aromatic rings. The first-order valence-electron chi connectivity index (χ1n) is 8.06. The molecule has 21 heavy (non-hydrogen) atoms. The lowest BCUT2D eigenvalue weighted by Gasteiger charge is -2.35. The number of hydrogen-bond donors (Lipinski definition) is 1. The van der Waals surface area contributed by atoms with Gasteiger partial charge in [-0.25, -0.2) is 5.43 Å². The Morgan fingerprint density at radius 3 is 2.71 bits per heavy atom. The molecule has 1 heterocycles. The highest BCUT2D eigenvalue weighted by Crippen LogP contribution is 2.39. The molecule has 2 fully saturated rings. The Morgan fingerprint density at radius 1 is 1.24 bits per heavy atom. The van der Waals surface area contributed by atoms with E-state index in [1.54, 1.807) is 6.07 Å². The number of carbonyl (C=O) groups excluding carboxylic acids is 1. The van der Waals surface area contributed by atoms with E-state index in [-0.39, 0.29) is 5.91 Å². The third-order valence-corrected chi connectivity index (χ3v) is 4.97. The Bertz CT molecular complexity index is 559. The zero-order valence-corrected chi connectivity index (χ0v) is 12.9. The van der Waals surface area contributed by atoms with Crippen molar-refractivity contribution < 1.29 is 9.21 Å². The summed E-state index contributed by atoms with van der Waals surface area (Å²) in [4.78, 5) is 12.1. The van der Waals surface area contributed by atoms with Crippen LogP contribution in [0.4, 0.5) is 0 Å². The average Bonchev–Trinajstić information content (AvgIpc) is 2.83. The Kier molecular flexibility index (Phi) is 4.13. The van der Waals surface area contributed by atoms with Crippen LogP contribution in [0.15, 0.2) is 15.6 Å². The number of nitrogens with one attached hydrogen (secondary N) is 1. The lowest BCUT2D eigenvalue weighted by molar-refractivity contribution is 0.0952. The maximum absolute atomic E-state index is 12.1. The van der Waals surface area contributed by atoms with Crippen LogP contribution in [0.1, 0.15) is 66.8 Å². The van der Waals surface area contributed by atoms with Crippen LogP contribution in [0.3, 0.4) is 0 Å². The Balaban J connectivity index is 1.61. The number of hydrazone groups is 1. The summed E-state index contributed by atoms with van der Waals surface area (Å²) in [7, 11) is 0. The molecule has 2 aliphatic carbocycles. The molecule has 2 saturated carbocycles. The predicted octanol–water partition coefficient (Wildman–Crippen LogP) is 3.97. The molecular weight excluding hydrogens is 264 g/mol. The molecule has 0 radical (unpaired) electrons. The van der Waals surface area contributed by atoms with Gasteiger partial charge in [-0.1, -0.05) is 19.3 Å². The van der Waals surface area contributed by atoms with Crippen molar-refractivity contribution in [3.8, 4) is 0 Å². The Hall–Kier alpha value is -1.58. The molecule has 4 heteroatoms. The second kappa shape index (κ2) is 6.04. The molecule has 0 saturated heterocycles. The summed E-state index contributed by atoms with van der Waals surface area (Å²) < 4.78 is 5.39. The van der Waals surface area contributed by atoms with Crippen molar-refractivity contribution in [2.45, 2.75) is 58.8 Å². The lowest BCUT2D eigenvalue weighted by Crippen LogP contribution is -2.29.